The number of rotatable bonds is 3. The van der Waals surface area contributed by atoms with Gasteiger partial charge in [0.15, 0.2) is 11.6 Å². The van der Waals surface area contributed by atoms with E-state index in [1.165, 1.54) is 7.11 Å². The maximum atomic E-state index is 12.7. The van der Waals surface area contributed by atoms with Gasteiger partial charge in [-0.3, -0.25) is 4.79 Å². The summed E-state index contributed by atoms with van der Waals surface area (Å²) in [6.45, 7) is 0. The van der Waals surface area contributed by atoms with E-state index in [4.69, 9.17) is 9.84 Å². The van der Waals surface area contributed by atoms with Crippen LogP contribution in [0.4, 0.5) is 10.1 Å². The van der Waals surface area contributed by atoms with E-state index >= 15 is 0 Å². The second kappa shape index (κ2) is 3.75. The Balaban J connectivity index is 3.15. The topological polar surface area (TPSA) is 58.6 Å². The van der Waals surface area contributed by atoms with Gasteiger partial charge < -0.3 is 15.2 Å². The van der Waals surface area contributed by atoms with Gasteiger partial charge in [-0.15, -0.1) is 0 Å². The van der Waals surface area contributed by atoms with Crippen molar-refractivity contribution >= 4 is 12.1 Å². The molecule has 1 aromatic rings. The first kappa shape index (κ1) is 9.31. The molecule has 0 atom stereocenters. The van der Waals surface area contributed by atoms with Crippen molar-refractivity contribution in [1.29, 1.82) is 0 Å². The Hall–Kier alpha value is -1.78. The number of phenolic OH excluding ortho intramolecular Hbond substituents is 1. The first-order valence-corrected chi connectivity index (χ1v) is 3.45. The molecule has 0 saturated carbocycles. The normalized spacial score (nSPS) is 9.38. The second-order valence-electron chi connectivity index (χ2n) is 2.27. The molecular formula is C8H8FNO3. The molecule has 2 N–H and O–H groups in total. The third-order valence-electron chi connectivity index (χ3n) is 1.48. The molecule has 13 heavy (non-hydrogen) atoms. The van der Waals surface area contributed by atoms with Crippen molar-refractivity contribution < 1.29 is 19.0 Å². The Morgan fingerprint density at radius 1 is 1.62 bits per heavy atom. The lowest BCUT2D eigenvalue weighted by Gasteiger charge is -2.07. The number of carbonyl (C=O) groups excluding carboxylic acids is 1. The maximum absolute atomic E-state index is 12.7. The van der Waals surface area contributed by atoms with Crippen LogP contribution in [0.25, 0.3) is 0 Å². The molecule has 0 aliphatic carbocycles. The van der Waals surface area contributed by atoms with Gasteiger partial charge in [-0.1, -0.05) is 0 Å². The zero-order chi connectivity index (χ0) is 9.84. The highest BCUT2D eigenvalue weighted by Gasteiger charge is 2.08. The highest BCUT2D eigenvalue weighted by Crippen LogP contribution is 2.30. The fourth-order valence-corrected chi connectivity index (χ4v) is 0.889. The minimum absolute atomic E-state index is 0.155. The SMILES string of the molecule is COc1cc(F)c(O)cc1NC=O. The minimum Gasteiger partial charge on any atom is -0.505 e. The monoisotopic (exact) mass is 185 g/mol. The van der Waals surface area contributed by atoms with Crippen molar-refractivity contribution in [2.75, 3.05) is 12.4 Å². The lowest BCUT2D eigenvalue weighted by atomic mass is 10.2. The largest absolute Gasteiger partial charge is 0.505 e. The third kappa shape index (κ3) is 1.87. The maximum Gasteiger partial charge on any atom is 0.211 e. The van der Waals surface area contributed by atoms with E-state index in [2.05, 4.69) is 5.32 Å². The van der Waals surface area contributed by atoms with Crippen LogP contribution in [0.15, 0.2) is 12.1 Å². The number of methoxy groups -OCH3 is 1. The Morgan fingerprint density at radius 3 is 2.85 bits per heavy atom. The molecule has 1 aromatic carbocycles. The summed E-state index contributed by atoms with van der Waals surface area (Å²) in [7, 11) is 1.34. The third-order valence-corrected chi connectivity index (χ3v) is 1.48. The van der Waals surface area contributed by atoms with E-state index in [-0.39, 0.29) is 11.4 Å². The molecule has 0 unspecified atom stereocenters. The van der Waals surface area contributed by atoms with E-state index < -0.39 is 11.6 Å². The molecule has 4 nitrogen and oxygen atoms in total. The molecule has 1 amide bonds. The summed E-state index contributed by atoms with van der Waals surface area (Å²) >= 11 is 0. The van der Waals surface area contributed by atoms with Gasteiger partial charge in [0.05, 0.1) is 12.8 Å². The summed E-state index contributed by atoms with van der Waals surface area (Å²) < 4.78 is 17.5. The van der Waals surface area contributed by atoms with Gasteiger partial charge in [0.1, 0.15) is 5.75 Å². The number of benzene rings is 1. The number of aromatic hydroxyl groups is 1. The summed E-state index contributed by atoms with van der Waals surface area (Å²) in [5, 5.41) is 11.2. The van der Waals surface area contributed by atoms with Gasteiger partial charge in [-0.05, 0) is 0 Å². The predicted octanol–water partition coefficient (Wildman–Crippen LogP) is 1.11. The Kier molecular flexibility index (Phi) is 2.69. The van der Waals surface area contributed by atoms with E-state index in [0.717, 1.165) is 12.1 Å². The van der Waals surface area contributed by atoms with Crippen LogP contribution in [0, 0.1) is 5.82 Å². The molecule has 0 saturated heterocycles. The van der Waals surface area contributed by atoms with Crippen LogP contribution in [0.3, 0.4) is 0 Å². The van der Waals surface area contributed by atoms with Crippen molar-refractivity contribution in [3.05, 3.63) is 17.9 Å². The average molecular weight is 185 g/mol. The van der Waals surface area contributed by atoms with Crippen molar-refractivity contribution in [2.24, 2.45) is 0 Å². The first-order valence-electron chi connectivity index (χ1n) is 3.45. The molecule has 0 fully saturated rings. The Labute approximate surface area is 73.9 Å². The van der Waals surface area contributed by atoms with Crippen LogP contribution in [0.2, 0.25) is 0 Å². The van der Waals surface area contributed by atoms with E-state index in [1.807, 2.05) is 0 Å². The average Bonchev–Trinajstić information content (AvgIpc) is 2.11. The van der Waals surface area contributed by atoms with Gasteiger partial charge in [-0.2, -0.15) is 0 Å². The number of nitrogens with one attached hydrogen (secondary N) is 1. The standard InChI is InChI=1S/C8H8FNO3/c1-13-8-2-5(9)7(12)3-6(8)10-4-11/h2-4,12H,1H3,(H,10,11). The number of hydrogen-bond acceptors (Lipinski definition) is 3. The zero-order valence-electron chi connectivity index (χ0n) is 6.87. The number of carbonyl (C=O) groups is 1. The molecular weight excluding hydrogens is 177 g/mol. The number of hydrogen-bond donors (Lipinski definition) is 2. The molecule has 0 bridgehead atoms. The van der Waals surface area contributed by atoms with Crippen molar-refractivity contribution in [1.82, 2.24) is 0 Å². The lowest BCUT2D eigenvalue weighted by molar-refractivity contribution is -0.105. The van der Waals surface area contributed by atoms with Crippen LogP contribution >= 0.6 is 0 Å². The van der Waals surface area contributed by atoms with Crippen molar-refractivity contribution in [3.8, 4) is 11.5 Å². The summed E-state index contributed by atoms with van der Waals surface area (Å²) in [4.78, 5) is 10.1. The second-order valence-corrected chi connectivity index (χ2v) is 2.27. The smallest absolute Gasteiger partial charge is 0.211 e. The number of halogens is 1. The fraction of sp³-hybridized carbons (Fsp3) is 0.125. The van der Waals surface area contributed by atoms with Crippen molar-refractivity contribution in [3.63, 3.8) is 0 Å². The number of anilines is 1. The highest BCUT2D eigenvalue weighted by atomic mass is 19.1. The molecule has 0 spiro atoms. The van der Waals surface area contributed by atoms with E-state index in [1.54, 1.807) is 0 Å². The van der Waals surface area contributed by atoms with Crippen LogP contribution in [-0.4, -0.2) is 18.6 Å². The predicted molar refractivity (Wildman–Crippen MR) is 44.3 cm³/mol. The lowest BCUT2D eigenvalue weighted by Crippen LogP contribution is -1.97. The molecule has 0 aromatic heterocycles. The first-order chi connectivity index (χ1) is 6.19. The fourth-order valence-electron chi connectivity index (χ4n) is 0.889. The zero-order valence-corrected chi connectivity index (χ0v) is 6.87. The van der Waals surface area contributed by atoms with Gasteiger partial charge in [0.25, 0.3) is 0 Å². The Bertz CT molecular complexity index is 327. The van der Waals surface area contributed by atoms with E-state index in [9.17, 15) is 9.18 Å². The van der Waals surface area contributed by atoms with Crippen LogP contribution in [0.5, 0.6) is 11.5 Å². The molecule has 0 aliphatic heterocycles. The summed E-state index contributed by atoms with van der Waals surface area (Å²) in [6.07, 6.45) is 0.412. The van der Waals surface area contributed by atoms with E-state index in [0.29, 0.717) is 6.41 Å². The number of amides is 1. The van der Waals surface area contributed by atoms with Crippen LogP contribution in [0.1, 0.15) is 0 Å². The molecule has 1 rings (SSSR count). The number of phenols is 1. The van der Waals surface area contributed by atoms with Gasteiger partial charge in [-0.25, -0.2) is 4.39 Å². The quantitative estimate of drug-likeness (QED) is 0.693. The Morgan fingerprint density at radius 2 is 2.31 bits per heavy atom. The van der Waals surface area contributed by atoms with Gasteiger partial charge >= 0.3 is 0 Å². The summed E-state index contributed by atoms with van der Waals surface area (Å²) in [6, 6.07) is 2.06. The van der Waals surface area contributed by atoms with Crippen molar-refractivity contribution in [2.45, 2.75) is 0 Å². The van der Waals surface area contributed by atoms with Gasteiger partial charge in [0.2, 0.25) is 6.41 Å². The minimum atomic E-state index is -0.798. The van der Waals surface area contributed by atoms with Crippen LogP contribution < -0.4 is 10.1 Å². The molecule has 70 valence electrons. The molecule has 5 heteroatoms. The van der Waals surface area contributed by atoms with Gasteiger partial charge in [0, 0.05) is 12.1 Å². The summed E-state index contributed by atoms with van der Waals surface area (Å²) in [5.74, 6) is -1.18. The molecule has 0 heterocycles. The van der Waals surface area contributed by atoms with Crippen LogP contribution in [-0.2, 0) is 4.79 Å². The number of ether oxygens (including phenoxy) is 1. The summed E-state index contributed by atoms with van der Waals surface area (Å²) in [5.41, 5.74) is 0.219. The highest BCUT2D eigenvalue weighted by molar-refractivity contribution is 5.76. The molecule has 0 radical (unpaired) electrons. The molecule has 0 aliphatic rings.